The molecular formula is C15H21NO3S. The molecule has 0 aromatic carbocycles. The van der Waals surface area contributed by atoms with E-state index in [1.165, 1.54) is 0 Å². The molecule has 1 amide bonds. The van der Waals surface area contributed by atoms with Crippen LogP contribution in [0.1, 0.15) is 43.4 Å². The van der Waals surface area contributed by atoms with Crippen LogP contribution >= 0.6 is 11.3 Å². The second-order valence-corrected chi connectivity index (χ2v) is 6.44. The van der Waals surface area contributed by atoms with Crippen molar-refractivity contribution >= 4 is 23.2 Å². The van der Waals surface area contributed by atoms with E-state index in [0.717, 1.165) is 24.3 Å². The fourth-order valence-electron chi connectivity index (χ4n) is 2.76. The lowest BCUT2D eigenvalue weighted by molar-refractivity contribution is -0.137. The highest BCUT2D eigenvalue weighted by atomic mass is 32.1. The summed E-state index contributed by atoms with van der Waals surface area (Å²) in [7, 11) is 0. The third kappa shape index (κ3) is 3.82. The Morgan fingerprint density at radius 1 is 1.55 bits per heavy atom. The SMILES string of the molecule is C[C@@H](C(=O)N1CCC[C@H](CCC(=O)O)C1)c1cccs1. The van der Waals surface area contributed by atoms with E-state index in [9.17, 15) is 9.59 Å². The number of rotatable bonds is 5. The molecule has 20 heavy (non-hydrogen) atoms. The summed E-state index contributed by atoms with van der Waals surface area (Å²) in [5.41, 5.74) is 0. The lowest BCUT2D eigenvalue weighted by atomic mass is 9.92. The summed E-state index contributed by atoms with van der Waals surface area (Å²) < 4.78 is 0. The van der Waals surface area contributed by atoms with Gasteiger partial charge in [-0.25, -0.2) is 0 Å². The number of aliphatic carboxylic acids is 1. The van der Waals surface area contributed by atoms with Gasteiger partial charge in [0.25, 0.3) is 0 Å². The van der Waals surface area contributed by atoms with Crippen molar-refractivity contribution in [3.63, 3.8) is 0 Å². The van der Waals surface area contributed by atoms with Gasteiger partial charge in [-0.2, -0.15) is 0 Å². The van der Waals surface area contributed by atoms with E-state index in [1.807, 2.05) is 29.3 Å². The quantitative estimate of drug-likeness (QED) is 0.908. The summed E-state index contributed by atoms with van der Waals surface area (Å²) >= 11 is 1.61. The first kappa shape index (κ1) is 15.0. The predicted octanol–water partition coefficient (Wildman–Crippen LogP) is 2.96. The molecule has 2 atom stereocenters. The number of likely N-dealkylation sites (tertiary alicyclic amines) is 1. The van der Waals surface area contributed by atoms with Gasteiger partial charge in [0.1, 0.15) is 0 Å². The van der Waals surface area contributed by atoms with Crippen molar-refractivity contribution in [3.8, 4) is 0 Å². The Morgan fingerprint density at radius 3 is 3.00 bits per heavy atom. The molecule has 0 spiro atoms. The highest BCUT2D eigenvalue weighted by Gasteiger charge is 2.27. The summed E-state index contributed by atoms with van der Waals surface area (Å²) in [4.78, 5) is 26.2. The first-order valence-corrected chi connectivity index (χ1v) is 8.00. The standard InChI is InChI=1S/C15H21NO3S/c1-11(13-5-3-9-20-13)15(19)16-8-2-4-12(10-16)6-7-14(17)18/h3,5,9,11-12H,2,4,6-8,10H2,1H3,(H,17,18)/t11-,12-/m1/s1. The molecule has 0 saturated carbocycles. The van der Waals surface area contributed by atoms with Crippen molar-refractivity contribution in [3.05, 3.63) is 22.4 Å². The molecule has 1 aromatic rings. The molecular weight excluding hydrogens is 274 g/mol. The Bertz CT molecular complexity index is 458. The van der Waals surface area contributed by atoms with Gasteiger partial charge >= 0.3 is 5.97 Å². The summed E-state index contributed by atoms with van der Waals surface area (Å²) in [6.07, 6.45) is 2.89. The van der Waals surface area contributed by atoms with E-state index in [2.05, 4.69) is 0 Å². The summed E-state index contributed by atoms with van der Waals surface area (Å²) in [6.45, 7) is 3.47. The Kier molecular flexibility index (Phi) is 5.17. The third-order valence-corrected chi connectivity index (χ3v) is 4.99. The first-order valence-electron chi connectivity index (χ1n) is 7.12. The molecule has 1 N–H and O–H groups in total. The van der Waals surface area contributed by atoms with Crippen LogP contribution in [-0.2, 0) is 9.59 Å². The van der Waals surface area contributed by atoms with Crippen molar-refractivity contribution in [2.75, 3.05) is 13.1 Å². The van der Waals surface area contributed by atoms with Crippen molar-refractivity contribution in [2.45, 2.75) is 38.5 Å². The van der Waals surface area contributed by atoms with Crippen LogP contribution in [0, 0.1) is 5.92 Å². The lowest BCUT2D eigenvalue weighted by Crippen LogP contribution is -2.41. The molecule has 1 fully saturated rings. The molecule has 2 rings (SSSR count). The van der Waals surface area contributed by atoms with Crippen LogP contribution in [0.3, 0.4) is 0 Å². The molecule has 1 aromatic heterocycles. The van der Waals surface area contributed by atoms with Gasteiger partial charge in [-0.15, -0.1) is 11.3 Å². The van der Waals surface area contributed by atoms with Crippen LogP contribution < -0.4 is 0 Å². The third-order valence-electron chi connectivity index (χ3n) is 3.94. The number of hydrogen-bond acceptors (Lipinski definition) is 3. The number of nitrogens with zero attached hydrogens (tertiary/aromatic N) is 1. The number of amides is 1. The normalized spacial score (nSPS) is 20.6. The molecule has 1 aliphatic rings. The maximum atomic E-state index is 12.5. The number of thiophene rings is 1. The number of carboxylic acids is 1. The summed E-state index contributed by atoms with van der Waals surface area (Å²) in [5.74, 6) is -0.333. The molecule has 0 bridgehead atoms. The lowest BCUT2D eigenvalue weighted by Gasteiger charge is -2.34. The van der Waals surface area contributed by atoms with E-state index in [1.54, 1.807) is 11.3 Å². The number of piperidine rings is 1. The van der Waals surface area contributed by atoms with Gasteiger partial charge in [-0.1, -0.05) is 6.07 Å². The van der Waals surface area contributed by atoms with Crippen LogP contribution in [0.25, 0.3) is 0 Å². The minimum absolute atomic E-state index is 0.0896. The largest absolute Gasteiger partial charge is 0.481 e. The van der Waals surface area contributed by atoms with E-state index in [4.69, 9.17) is 5.11 Å². The van der Waals surface area contributed by atoms with Gasteiger partial charge in [-0.3, -0.25) is 9.59 Å². The van der Waals surface area contributed by atoms with Crippen LogP contribution in [0.15, 0.2) is 17.5 Å². The van der Waals surface area contributed by atoms with Crippen LogP contribution in [-0.4, -0.2) is 35.0 Å². The molecule has 0 aliphatic carbocycles. The molecule has 1 aliphatic heterocycles. The average Bonchev–Trinajstić information content (AvgIpc) is 2.98. The summed E-state index contributed by atoms with van der Waals surface area (Å²) in [6, 6.07) is 3.97. The van der Waals surface area contributed by atoms with Crippen molar-refractivity contribution in [1.82, 2.24) is 4.90 Å². The molecule has 4 nitrogen and oxygen atoms in total. The van der Waals surface area contributed by atoms with Crippen molar-refractivity contribution in [2.24, 2.45) is 5.92 Å². The van der Waals surface area contributed by atoms with Crippen molar-refractivity contribution < 1.29 is 14.7 Å². The zero-order chi connectivity index (χ0) is 14.5. The average molecular weight is 295 g/mol. The molecule has 0 radical (unpaired) electrons. The first-order chi connectivity index (χ1) is 9.58. The van der Waals surface area contributed by atoms with E-state index in [-0.39, 0.29) is 18.2 Å². The zero-order valence-electron chi connectivity index (χ0n) is 11.7. The fraction of sp³-hybridized carbons (Fsp3) is 0.600. The minimum Gasteiger partial charge on any atom is -0.481 e. The molecule has 0 unspecified atom stereocenters. The van der Waals surface area contributed by atoms with Gasteiger partial charge in [0.05, 0.1) is 5.92 Å². The highest BCUT2D eigenvalue weighted by molar-refractivity contribution is 7.10. The van der Waals surface area contributed by atoms with Gasteiger partial charge in [0, 0.05) is 24.4 Å². The van der Waals surface area contributed by atoms with E-state index in [0.29, 0.717) is 18.9 Å². The van der Waals surface area contributed by atoms with Crippen molar-refractivity contribution in [1.29, 1.82) is 0 Å². The fourth-order valence-corrected chi connectivity index (χ4v) is 3.54. The predicted molar refractivity (Wildman–Crippen MR) is 78.9 cm³/mol. The minimum atomic E-state index is -0.750. The Labute approximate surface area is 123 Å². The smallest absolute Gasteiger partial charge is 0.303 e. The number of carbonyl (C=O) groups excluding carboxylic acids is 1. The Hall–Kier alpha value is -1.36. The number of carboxylic acid groups (broad SMARTS) is 1. The maximum Gasteiger partial charge on any atom is 0.303 e. The molecule has 110 valence electrons. The Balaban J connectivity index is 1.91. The Morgan fingerprint density at radius 2 is 2.35 bits per heavy atom. The van der Waals surface area contributed by atoms with E-state index < -0.39 is 5.97 Å². The maximum absolute atomic E-state index is 12.5. The van der Waals surface area contributed by atoms with Gasteiger partial charge < -0.3 is 10.0 Å². The second-order valence-electron chi connectivity index (χ2n) is 5.46. The van der Waals surface area contributed by atoms with Gasteiger partial charge in [0.15, 0.2) is 0 Å². The molecule has 5 heteroatoms. The monoisotopic (exact) mass is 295 g/mol. The van der Waals surface area contributed by atoms with Gasteiger partial charge in [-0.05, 0) is 43.6 Å². The summed E-state index contributed by atoms with van der Waals surface area (Å²) in [5, 5.41) is 10.7. The number of hydrogen-bond donors (Lipinski definition) is 1. The molecule has 1 saturated heterocycles. The molecule has 2 heterocycles. The zero-order valence-corrected chi connectivity index (χ0v) is 12.6. The van der Waals surface area contributed by atoms with Crippen LogP contribution in [0.2, 0.25) is 0 Å². The van der Waals surface area contributed by atoms with Crippen LogP contribution in [0.5, 0.6) is 0 Å². The van der Waals surface area contributed by atoms with Crippen LogP contribution in [0.4, 0.5) is 0 Å². The van der Waals surface area contributed by atoms with Gasteiger partial charge in [0.2, 0.25) is 5.91 Å². The topological polar surface area (TPSA) is 57.6 Å². The highest BCUT2D eigenvalue weighted by Crippen LogP contribution is 2.27. The number of carbonyl (C=O) groups is 2. The van der Waals surface area contributed by atoms with E-state index >= 15 is 0 Å². The second kappa shape index (κ2) is 6.88.